The number of nitrogens with one attached hydrogen (secondary N) is 1. The van der Waals surface area contributed by atoms with Crippen molar-refractivity contribution in [3.05, 3.63) is 35.9 Å². The molecule has 2 heteroatoms. The van der Waals surface area contributed by atoms with Gasteiger partial charge in [-0.05, 0) is 51.4 Å². The molecule has 2 nitrogen and oxygen atoms in total. The molecule has 0 heterocycles. The molecule has 0 saturated heterocycles. The molecular formula is C16H26N2. The van der Waals surface area contributed by atoms with E-state index in [9.17, 15) is 0 Å². The van der Waals surface area contributed by atoms with Crippen LogP contribution >= 0.6 is 0 Å². The Balaban J connectivity index is 2.09. The molecule has 1 N–H and O–H groups in total. The topological polar surface area (TPSA) is 15.3 Å². The maximum absolute atomic E-state index is 3.50. The van der Waals surface area contributed by atoms with Gasteiger partial charge in [-0.1, -0.05) is 37.3 Å². The molecule has 0 aliphatic heterocycles. The summed E-state index contributed by atoms with van der Waals surface area (Å²) in [4.78, 5) is 2.50. The summed E-state index contributed by atoms with van der Waals surface area (Å²) in [6.07, 6.45) is 3.87. The number of likely N-dealkylation sites (N-methyl/N-ethyl adjacent to an activating group) is 2. The van der Waals surface area contributed by atoms with Gasteiger partial charge in [0.25, 0.3) is 0 Å². The first-order valence-corrected chi connectivity index (χ1v) is 7.18. The average Bonchev–Trinajstić information content (AvgIpc) is 2.46. The van der Waals surface area contributed by atoms with Crippen molar-refractivity contribution in [2.24, 2.45) is 0 Å². The van der Waals surface area contributed by atoms with Crippen molar-refractivity contribution >= 4 is 0 Å². The van der Waals surface area contributed by atoms with Crippen LogP contribution in [0.3, 0.4) is 0 Å². The van der Waals surface area contributed by atoms with E-state index in [4.69, 9.17) is 0 Å². The standard InChI is InChI=1S/C16H26N2/c1-4-18(3)16-12-14(10-11-15(16)17-2)13-8-6-5-7-9-13/h5-9,14-17H,4,10-12H2,1-3H3. The van der Waals surface area contributed by atoms with E-state index in [1.54, 1.807) is 0 Å². The van der Waals surface area contributed by atoms with Crippen LogP contribution in [0.1, 0.15) is 37.7 Å². The Labute approximate surface area is 111 Å². The summed E-state index contributed by atoms with van der Waals surface area (Å²) in [5, 5.41) is 3.50. The fourth-order valence-corrected chi connectivity index (χ4v) is 3.23. The Kier molecular flexibility index (Phi) is 4.79. The van der Waals surface area contributed by atoms with Gasteiger partial charge in [-0.3, -0.25) is 0 Å². The Morgan fingerprint density at radius 3 is 2.56 bits per heavy atom. The van der Waals surface area contributed by atoms with Crippen molar-refractivity contribution in [2.45, 2.75) is 44.2 Å². The number of nitrogens with zero attached hydrogens (tertiary/aromatic N) is 1. The van der Waals surface area contributed by atoms with E-state index in [2.05, 4.69) is 61.6 Å². The van der Waals surface area contributed by atoms with E-state index < -0.39 is 0 Å². The van der Waals surface area contributed by atoms with Crippen LogP contribution < -0.4 is 5.32 Å². The quantitative estimate of drug-likeness (QED) is 0.879. The van der Waals surface area contributed by atoms with Crippen LogP contribution in [0.4, 0.5) is 0 Å². The molecule has 0 bridgehead atoms. The van der Waals surface area contributed by atoms with Crippen molar-refractivity contribution in [2.75, 3.05) is 20.6 Å². The first kappa shape index (κ1) is 13.6. The fourth-order valence-electron chi connectivity index (χ4n) is 3.23. The third-order valence-electron chi connectivity index (χ3n) is 4.52. The molecule has 1 aromatic rings. The summed E-state index contributed by atoms with van der Waals surface area (Å²) in [6.45, 7) is 3.38. The van der Waals surface area contributed by atoms with Crippen molar-refractivity contribution in [3.63, 3.8) is 0 Å². The van der Waals surface area contributed by atoms with Crippen molar-refractivity contribution < 1.29 is 0 Å². The Morgan fingerprint density at radius 2 is 1.94 bits per heavy atom. The molecule has 0 spiro atoms. The SMILES string of the molecule is CCN(C)C1CC(c2ccccc2)CCC1NC. The number of hydrogen-bond acceptors (Lipinski definition) is 2. The van der Waals surface area contributed by atoms with Crippen molar-refractivity contribution in [1.29, 1.82) is 0 Å². The number of hydrogen-bond donors (Lipinski definition) is 1. The van der Waals surface area contributed by atoms with E-state index in [0.29, 0.717) is 12.1 Å². The largest absolute Gasteiger partial charge is 0.315 e. The van der Waals surface area contributed by atoms with Gasteiger partial charge in [-0.15, -0.1) is 0 Å². The van der Waals surface area contributed by atoms with E-state index >= 15 is 0 Å². The fraction of sp³-hybridized carbons (Fsp3) is 0.625. The lowest BCUT2D eigenvalue weighted by molar-refractivity contribution is 0.148. The highest BCUT2D eigenvalue weighted by molar-refractivity contribution is 5.21. The zero-order chi connectivity index (χ0) is 13.0. The van der Waals surface area contributed by atoms with E-state index in [-0.39, 0.29) is 0 Å². The monoisotopic (exact) mass is 246 g/mol. The average molecular weight is 246 g/mol. The molecule has 0 amide bonds. The van der Waals surface area contributed by atoms with Crippen LogP contribution in [0, 0.1) is 0 Å². The second-order valence-electron chi connectivity index (χ2n) is 5.46. The Hall–Kier alpha value is -0.860. The van der Waals surface area contributed by atoms with Crippen LogP contribution in [0.5, 0.6) is 0 Å². The highest BCUT2D eigenvalue weighted by Crippen LogP contribution is 2.34. The molecule has 3 unspecified atom stereocenters. The van der Waals surface area contributed by atoms with Crippen LogP contribution in [0.15, 0.2) is 30.3 Å². The molecule has 0 aromatic heterocycles. The highest BCUT2D eigenvalue weighted by atomic mass is 15.2. The van der Waals surface area contributed by atoms with Gasteiger partial charge >= 0.3 is 0 Å². The smallest absolute Gasteiger partial charge is 0.0251 e. The molecule has 3 atom stereocenters. The van der Waals surface area contributed by atoms with Crippen LogP contribution in [-0.4, -0.2) is 37.6 Å². The maximum Gasteiger partial charge on any atom is 0.0251 e. The second-order valence-corrected chi connectivity index (χ2v) is 5.46. The zero-order valence-corrected chi connectivity index (χ0v) is 11.9. The first-order valence-electron chi connectivity index (χ1n) is 7.18. The summed E-state index contributed by atoms with van der Waals surface area (Å²) in [5.74, 6) is 0.731. The molecule has 1 aliphatic rings. The lowest BCUT2D eigenvalue weighted by atomic mass is 9.78. The van der Waals surface area contributed by atoms with Crippen LogP contribution in [-0.2, 0) is 0 Å². The lowest BCUT2D eigenvalue weighted by Crippen LogP contribution is -2.50. The normalized spacial score (nSPS) is 28.6. The molecule has 1 saturated carbocycles. The summed E-state index contributed by atoms with van der Waals surface area (Å²) in [5.41, 5.74) is 1.52. The van der Waals surface area contributed by atoms with Crippen LogP contribution in [0.25, 0.3) is 0 Å². The summed E-state index contributed by atoms with van der Waals surface area (Å²) < 4.78 is 0. The Morgan fingerprint density at radius 1 is 1.22 bits per heavy atom. The van der Waals surface area contributed by atoms with E-state index in [1.807, 2.05) is 0 Å². The Bertz CT molecular complexity index is 349. The lowest BCUT2D eigenvalue weighted by Gasteiger charge is -2.41. The van der Waals surface area contributed by atoms with Gasteiger partial charge in [-0.2, -0.15) is 0 Å². The molecule has 100 valence electrons. The van der Waals surface area contributed by atoms with Gasteiger partial charge in [0.05, 0.1) is 0 Å². The predicted molar refractivity (Wildman–Crippen MR) is 78.0 cm³/mol. The molecule has 2 rings (SSSR count). The van der Waals surface area contributed by atoms with Gasteiger partial charge in [0.15, 0.2) is 0 Å². The summed E-state index contributed by atoms with van der Waals surface area (Å²) in [6, 6.07) is 12.3. The molecule has 1 fully saturated rings. The molecular weight excluding hydrogens is 220 g/mol. The number of benzene rings is 1. The van der Waals surface area contributed by atoms with Gasteiger partial charge in [0.1, 0.15) is 0 Å². The second kappa shape index (κ2) is 6.35. The third-order valence-corrected chi connectivity index (χ3v) is 4.52. The first-order chi connectivity index (χ1) is 8.76. The molecule has 0 radical (unpaired) electrons. The van der Waals surface area contributed by atoms with Gasteiger partial charge in [-0.25, -0.2) is 0 Å². The minimum absolute atomic E-state index is 0.648. The minimum Gasteiger partial charge on any atom is -0.315 e. The van der Waals surface area contributed by atoms with E-state index in [0.717, 1.165) is 12.5 Å². The predicted octanol–water partition coefficient (Wildman–Crippen LogP) is 2.86. The zero-order valence-electron chi connectivity index (χ0n) is 11.9. The van der Waals surface area contributed by atoms with Crippen molar-refractivity contribution in [1.82, 2.24) is 10.2 Å². The van der Waals surface area contributed by atoms with Gasteiger partial charge in [0.2, 0.25) is 0 Å². The highest BCUT2D eigenvalue weighted by Gasteiger charge is 2.32. The van der Waals surface area contributed by atoms with Crippen LogP contribution in [0.2, 0.25) is 0 Å². The molecule has 1 aromatic carbocycles. The summed E-state index contributed by atoms with van der Waals surface area (Å²) in [7, 11) is 4.35. The molecule has 1 aliphatic carbocycles. The van der Waals surface area contributed by atoms with Gasteiger partial charge < -0.3 is 10.2 Å². The molecule has 18 heavy (non-hydrogen) atoms. The number of rotatable bonds is 4. The minimum atomic E-state index is 0.648. The third kappa shape index (κ3) is 2.93. The summed E-state index contributed by atoms with van der Waals surface area (Å²) >= 11 is 0. The maximum atomic E-state index is 3.50. The van der Waals surface area contributed by atoms with Gasteiger partial charge in [0, 0.05) is 12.1 Å². The van der Waals surface area contributed by atoms with E-state index in [1.165, 1.54) is 24.8 Å². The van der Waals surface area contributed by atoms with Crippen molar-refractivity contribution in [3.8, 4) is 0 Å².